The molecule has 114 valence electrons. The number of carbonyl (C=O) groups excluding carboxylic acids is 1. The van der Waals surface area contributed by atoms with Crippen molar-refractivity contribution < 1.29 is 4.79 Å². The average molecular weight is 308 g/mol. The van der Waals surface area contributed by atoms with Gasteiger partial charge in [-0.15, -0.1) is 0 Å². The molecule has 5 heteroatoms. The van der Waals surface area contributed by atoms with E-state index in [2.05, 4.69) is 17.2 Å². The molecular weight excluding hydrogens is 286 g/mol. The molecule has 2 heterocycles. The van der Waals surface area contributed by atoms with Gasteiger partial charge in [0.1, 0.15) is 11.5 Å². The Labute approximate surface area is 130 Å². The van der Waals surface area contributed by atoms with Crippen molar-refractivity contribution in [3.63, 3.8) is 0 Å². The number of rotatable bonds is 4. The summed E-state index contributed by atoms with van der Waals surface area (Å²) < 4.78 is 0. The minimum Gasteiger partial charge on any atom is -0.370 e. The van der Waals surface area contributed by atoms with Crippen LogP contribution in [0.1, 0.15) is 43.1 Å². The highest BCUT2D eigenvalue weighted by atomic mass is 35.5. The molecule has 2 unspecified atom stereocenters. The van der Waals surface area contributed by atoms with Gasteiger partial charge in [0.2, 0.25) is 0 Å². The molecule has 21 heavy (non-hydrogen) atoms. The van der Waals surface area contributed by atoms with Crippen LogP contribution in [0.25, 0.3) is 0 Å². The first-order valence-electron chi connectivity index (χ1n) is 7.88. The van der Waals surface area contributed by atoms with Crippen LogP contribution in [0.2, 0.25) is 5.02 Å². The van der Waals surface area contributed by atoms with Gasteiger partial charge in [-0.05, 0) is 43.2 Å². The molecule has 1 saturated heterocycles. The van der Waals surface area contributed by atoms with Crippen molar-refractivity contribution in [2.24, 2.45) is 11.8 Å². The third-order valence-electron chi connectivity index (χ3n) is 4.62. The fourth-order valence-corrected chi connectivity index (χ4v) is 3.68. The summed E-state index contributed by atoms with van der Waals surface area (Å²) >= 11 is 6.19. The summed E-state index contributed by atoms with van der Waals surface area (Å²) in [5, 5.41) is 3.65. The number of halogens is 1. The third kappa shape index (κ3) is 3.00. The summed E-state index contributed by atoms with van der Waals surface area (Å²) in [5.74, 6) is 2.08. The molecule has 3 rings (SSSR count). The van der Waals surface area contributed by atoms with Crippen molar-refractivity contribution >= 4 is 23.3 Å². The Kier molecular flexibility index (Phi) is 4.34. The van der Waals surface area contributed by atoms with Crippen molar-refractivity contribution in [1.29, 1.82) is 0 Å². The Morgan fingerprint density at radius 3 is 2.76 bits per heavy atom. The molecule has 2 aliphatic rings. The molecular formula is C16H22ClN3O. The summed E-state index contributed by atoms with van der Waals surface area (Å²) in [7, 11) is 0. The number of amides is 1. The van der Waals surface area contributed by atoms with Gasteiger partial charge in [-0.1, -0.05) is 24.9 Å². The molecule has 1 aliphatic carbocycles. The molecule has 0 aromatic carbocycles. The quantitative estimate of drug-likeness (QED) is 0.927. The number of aromatic nitrogens is 1. The smallest absolute Gasteiger partial charge is 0.274 e. The van der Waals surface area contributed by atoms with E-state index in [9.17, 15) is 4.79 Å². The van der Waals surface area contributed by atoms with E-state index in [-0.39, 0.29) is 5.91 Å². The molecule has 1 aromatic rings. The lowest BCUT2D eigenvalue weighted by Gasteiger charge is -2.18. The van der Waals surface area contributed by atoms with Crippen LogP contribution in [-0.2, 0) is 0 Å². The van der Waals surface area contributed by atoms with E-state index in [4.69, 9.17) is 11.6 Å². The average Bonchev–Trinajstić information content (AvgIpc) is 3.07. The maximum Gasteiger partial charge on any atom is 0.274 e. The molecule has 0 radical (unpaired) electrons. The second-order valence-corrected chi connectivity index (χ2v) is 6.52. The molecule has 2 fully saturated rings. The molecule has 1 saturated carbocycles. The SMILES string of the molecule is CCCNc1ccc(Cl)c(C(=O)N2CC3CCCC3C2)n1. The topological polar surface area (TPSA) is 45.2 Å². The van der Waals surface area contributed by atoms with Gasteiger partial charge in [0.15, 0.2) is 0 Å². The summed E-state index contributed by atoms with van der Waals surface area (Å²) in [6.45, 7) is 4.68. The number of hydrogen-bond acceptors (Lipinski definition) is 3. The Balaban J connectivity index is 1.74. The van der Waals surface area contributed by atoms with Crippen LogP contribution in [0.15, 0.2) is 12.1 Å². The first-order chi connectivity index (χ1) is 10.2. The molecule has 1 N–H and O–H groups in total. The molecule has 0 spiro atoms. The Morgan fingerprint density at radius 2 is 2.10 bits per heavy atom. The Bertz CT molecular complexity index is 522. The van der Waals surface area contributed by atoms with E-state index < -0.39 is 0 Å². The van der Waals surface area contributed by atoms with E-state index in [0.29, 0.717) is 22.6 Å². The highest BCUT2D eigenvalue weighted by Gasteiger charge is 2.38. The Morgan fingerprint density at radius 1 is 1.38 bits per heavy atom. The lowest BCUT2D eigenvalue weighted by atomic mass is 10.0. The standard InChI is InChI=1S/C16H22ClN3O/c1-2-8-18-14-7-6-13(17)15(19-14)16(21)20-9-11-4-3-5-12(11)10-20/h6-7,11-12H,2-5,8-10H2,1H3,(H,18,19). The fourth-order valence-electron chi connectivity index (χ4n) is 3.49. The third-order valence-corrected chi connectivity index (χ3v) is 4.92. The van der Waals surface area contributed by atoms with Crippen molar-refractivity contribution in [2.45, 2.75) is 32.6 Å². The van der Waals surface area contributed by atoms with E-state index in [0.717, 1.165) is 31.9 Å². The molecule has 1 aliphatic heterocycles. The van der Waals surface area contributed by atoms with Gasteiger partial charge in [0, 0.05) is 19.6 Å². The van der Waals surface area contributed by atoms with E-state index in [1.54, 1.807) is 6.07 Å². The van der Waals surface area contributed by atoms with Gasteiger partial charge < -0.3 is 10.2 Å². The van der Waals surface area contributed by atoms with Gasteiger partial charge in [-0.3, -0.25) is 4.79 Å². The van der Waals surface area contributed by atoms with Crippen LogP contribution < -0.4 is 5.32 Å². The molecule has 2 atom stereocenters. The fraction of sp³-hybridized carbons (Fsp3) is 0.625. The van der Waals surface area contributed by atoms with Crippen LogP contribution in [0.4, 0.5) is 5.82 Å². The summed E-state index contributed by atoms with van der Waals surface area (Å²) in [6.07, 6.45) is 4.84. The van der Waals surface area contributed by atoms with Gasteiger partial charge in [-0.25, -0.2) is 4.98 Å². The zero-order valence-electron chi connectivity index (χ0n) is 12.4. The predicted octanol–water partition coefficient (Wildman–Crippen LogP) is 3.43. The monoisotopic (exact) mass is 307 g/mol. The van der Waals surface area contributed by atoms with Crippen molar-refractivity contribution in [2.75, 3.05) is 25.0 Å². The number of carbonyl (C=O) groups is 1. The summed E-state index contributed by atoms with van der Waals surface area (Å²) in [5.41, 5.74) is 0.387. The molecule has 1 amide bonds. The minimum absolute atomic E-state index is 0.0189. The van der Waals surface area contributed by atoms with Crippen LogP contribution in [-0.4, -0.2) is 35.4 Å². The number of nitrogens with one attached hydrogen (secondary N) is 1. The van der Waals surface area contributed by atoms with E-state index >= 15 is 0 Å². The second kappa shape index (κ2) is 6.22. The predicted molar refractivity (Wildman–Crippen MR) is 84.8 cm³/mol. The maximum absolute atomic E-state index is 12.7. The number of hydrogen-bond donors (Lipinski definition) is 1. The maximum atomic E-state index is 12.7. The number of likely N-dealkylation sites (tertiary alicyclic amines) is 1. The lowest BCUT2D eigenvalue weighted by Crippen LogP contribution is -2.30. The zero-order valence-corrected chi connectivity index (χ0v) is 13.2. The van der Waals surface area contributed by atoms with Crippen LogP contribution in [0, 0.1) is 11.8 Å². The van der Waals surface area contributed by atoms with E-state index in [1.807, 2.05) is 11.0 Å². The van der Waals surface area contributed by atoms with Gasteiger partial charge >= 0.3 is 0 Å². The van der Waals surface area contributed by atoms with Gasteiger partial charge in [-0.2, -0.15) is 0 Å². The largest absolute Gasteiger partial charge is 0.370 e. The number of anilines is 1. The van der Waals surface area contributed by atoms with Gasteiger partial charge in [0.05, 0.1) is 5.02 Å². The molecule has 4 nitrogen and oxygen atoms in total. The minimum atomic E-state index is -0.0189. The van der Waals surface area contributed by atoms with Crippen molar-refractivity contribution in [3.8, 4) is 0 Å². The summed E-state index contributed by atoms with van der Waals surface area (Å²) in [4.78, 5) is 19.0. The first-order valence-corrected chi connectivity index (χ1v) is 8.26. The number of pyridine rings is 1. The zero-order chi connectivity index (χ0) is 14.8. The van der Waals surface area contributed by atoms with Crippen LogP contribution >= 0.6 is 11.6 Å². The van der Waals surface area contributed by atoms with E-state index in [1.165, 1.54) is 19.3 Å². The van der Waals surface area contributed by atoms with Gasteiger partial charge in [0.25, 0.3) is 5.91 Å². The number of nitrogens with zero attached hydrogens (tertiary/aromatic N) is 2. The highest BCUT2D eigenvalue weighted by Crippen LogP contribution is 2.38. The summed E-state index contributed by atoms with van der Waals surface area (Å²) in [6, 6.07) is 3.59. The number of fused-ring (bicyclic) bond motifs is 1. The van der Waals surface area contributed by atoms with Crippen LogP contribution in [0.5, 0.6) is 0 Å². The lowest BCUT2D eigenvalue weighted by molar-refractivity contribution is 0.0775. The molecule has 1 aromatic heterocycles. The molecule has 0 bridgehead atoms. The van der Waals surface area contributed by atoms with Crippen molar-refractivity contribution in [1.82, 2.24) is 9.88 Å². The van der Waals surface area contributed by atoms with Crippen LogP contribution in [0.3, 0.4) is 0 Å². The Hall–Kier alpha value is -1.29. The highest BCUT2D eigenvalue weighted by molar-refractivity contribution is 6.33. The normalized spacial score (nSPS) is 24.2. The first kappa shape index (κ1) is 14.6. The van der Waals surface area contributed by atoms with Crippen molar-refractivity contribution in [3.05, 3.63) is 22.8 Å². The second-order valence-electron chi connectivity index (χ2n) is 6.11.